The van der Waals surface area contributed by atoms with Crippen LogP contribution in [0.2, 0.25) is 0 Å². The van der Waals surface area contributed by atoms with Crippen molar-refractivity contribution in [3.05, 3.63) is 36.4 Å². The van der Waals surface area contributed by atoms with Crippen LogP contribution >= 0.6 is 12.4 Å². The molecule has 1 saturated heterocycles. The highest BCUT2D eigenvalue weighted by atomic mass is 35.5. The van der Waals surface area contributed by atoms with Gasteiger partial charge in [-0.2, -0.15) is 4.31 Å². The molecule has 0 saturated carbocycles. The van der Waals surface area contributed by atoms with Crippen LogP contribution < -0.4 is 10.5 Å². The molecule has 1 aliphatic heterocycles. The van der Waals surface area contributed by atoms with Crippen LogP contribution in [0.5, 0.6) is 5.75 Å². The zero-order valence-electron chi connectivity index (χ0n) is 15.2. The van der Waals surface area contributed by atoms with Crippen molar-refractivity contribution in [1.82, 2.24) is 4.31 Å². The number of nitrogens with two attached hydrogens (primary N) is 1. The summed E-state index contributed by atoms with van der Waals surface area (Å²) in [7, 11) is -3.56. The first-order chi connectivity index (χ1) is 11.9. The summed E-state index contributed by atoms with van der Waals surface area (Å²) in [4.78, 5) is 0.344. The topological polar surface area (TPSA) is 72.6 Å². The molecule has 0 radical (unpaired) electrons. The SMILES string of the molecule is CCOc1ccc(S(=O)(=O)N2CCCC(C(C)N)C2)c2ccccc12.Cl. The van der Waals surface area contributed by atoms with Gasteiger partial charge in [0.1, 0.15) is 5.75 Å². The highest BCUT2D eigenvalue weighted by molar-refractivity contribution is 7.89. The first-order valence-electron chi connectivity index (χ1n) is 8.85. The maximum absolute atomic E-state index is 13.3. The minimum absolute atomic E-state index is 0. The molecule has 2 aromatic carbocycles. The normalized spacial score (nSPS) is 19.7. The van der Waals surface area contributed by atoms with E-state index in [1.165, 1.54) is 0 Å². The first kappa shape index (κ1) is 21.0. The molecule has 0 bridgehead atoms. The van der Waals surface area contributed by atoms with Crippen LogP contribution in [0.3, 0.4) is 0 Å². The van der Waals surface area contributed by atoms with Gasteiger partial charge in [0.15, 0.2) is 0 Å². The summed E-state index contributed by atoms with van der Waals surface area (Å²) in [5.74, 6) is 0.918. The average Bonchev–Trinajstić information content (AvgIpc) is 2.62. The summed E-state index contributed by atoms with van der Waals surface area (Å²) >= 11 is 0. The van der Waals surface area contributed by atoms with Gasteiger partial charge in [-0.15, -0.1) is 12.4 Å². The molecule has 2 atom stereocenters. The molecule has 1 heterocycles. The lowest BCUT2D eigenvalue weighted by Gasteiger charge is -2.34. The lowest BCUT2D eigenvalue weighted by molar-refractivity contribution is 0.243. The van der Waals surface area contributed by atoms with Crippen LogP contribution in [-0.4, -0.2) is 38.5 Å². The van der Waals surface area contributed by atoms with Gasteiger partial charge < -0.3 is 10.5 Å². The van der Waals surface area contributed by atoms with E-state index in [4.69, 9.17) is 10.5 Å². The fourth-order valence-corrected chi connectivity index (χ4v) is 5.24. The Morgan fingerprint density at radius 3 is 2.58 bits per heavy atom. The number of nitrogens with zero attached hydrogens (tertiary/aromatic N) is 1. The van der Waals surface area contributed by atoms with E-state index in [2.05, 4.69) is 0 Å². The Morgan fingerprint density at radius 1 is 1.23 bits per heavy atom. The molecule has 3 rings (SSSR count). The molecule has 1 aliphatic rings. The average molecular weight is 399 g/mol. The Kier molecular flexibility index (Phi) is 6.91. The quantitative estimate of drug-likeness (QED) is 0.837. The third-order valence-electron chi connectivity index (χ3n) is 4.93. The van der Waals surface area contributed by atoms with E-state index < -0.39 is 10.0 Å². The smallest absolute Gasteiger partial charge is 0.243 e. The Hall–Kier alpha value is -1.34. The van der Waals surface area contributed by atoms with Crippen molar-refractivity contribution < 1.29 is 13.2 Å². The van der Waals surface area contributed by atoms with Gasteiger partial charge in [-0.25, -0.2) is 8.42 Å². The molecule has 7 heteroatoms. The van der Waals surface area contributed by atoms with E-state index in [-0.39, 0.29) is 24.4 Å². The number of halogens is 1. The second-order valence-corrected chi connectivity index (χ2v) is 8.57. The molecule has 2 unspecified atom stereocenters. The number of rotatable bonds is 5. The highest BCUT2D eigenvalue weighted by Gasteiger charge is 2.32. The van der Waals surface area contributed by atoms with E-state index in [0.717, 1.165) is 18.2 Å². The monoisotopic (exact) mass is 398 g/mol. The minimum atomic E-state index is -3.56. The predicted octanol–water partition coefficient (Wildman–Crippen LogP) is 3.41. The molecule has 0 amide bonds. The number of hydrogen-bond donors (Lipinski definition) is 1. The number of fused-ring (bicyclic) bond motifs is 1. The number of ether oxygens (including phenoxy) is 1. The number of piperidine rings is 1. The van der Waals surface area contributed by atoms with E-state index in [0.29, 0.717) is 35.7 Å². The standard InChI is InChI=1S/C19H26N2O3S.ClH/c1-3-24-18-10-11-19(17-9-5-4-8-16(17)18)25(22,23)21-12-6-7-15(13-21)14(2)20;/h4-5,8-11,14-15H,3,6-7,12-13,20H2,1-2H3;1H. The molecule has 26 heavy (non-hydrogen) atoms. The number of benzene rings is 2. The van der Waals surface area contributed by atoms with Crippen molar-refractivity contribution in [2.75, 3.05) is 19.7 Å². The third kappa shape index (κ3) is 3.98. The summed E-state index contributed by atoms with van der Waals surface area (Å²) in [6, 6.07) is 10.9. The van der Waals surface area contributed by atoms with Crippen LogP contribution in [0.25, 0.3) is 10.8 Å². The van der Waals surface area contributed by atoms with Crippen molar-refractivity contribution in [3.8, 4) is 5.75 Å². The summed E-state index contributed by atoms with van der Waals surface area (Å²) < 4.78 is 33.8. The molecular weight excluding hydrogens is 372 g/mol. The molecular formula is C19H27ClN2O3S. The van der Waals surface area contributed by atoms with Crippen LogP contribution in [0.1, 0.15) is 26.7 Å². The van der Waals surface area contributed by atoms with Gasteiger partial charge >= 0.3 is 0 Å². The molecule has 144 valence electrons. The second-order valence-electron chi connectivity index (χ2n) is 6.66. The Bertz CT molecular complexity index is 855. The zero-order valence-corrected chi connectivity index (χ0v) is 16.9. The maximum atomic E-state index is 13.3. The van der Waals surface area contributed by atoms with E-state index >= 15 is 0 Å². The van der Waals surface area contributed by atoms with Gasteiger partial charge in [-0.1, -0.05) is 24.3 Å². The van der Waals surface area contributed by atoms with E-state index in [9.17, 15) is 8.42 Å². The molecule has 1 fully saturated rings. The van der Waals surface area contributed by atoms with E-state index in [1.54, 1.807) is 16.4 Å². The van der Waals surface area contributed by atoms with Crippen molar-refractivity contribution in [1.29, 1.82) is 0 Å². The van der Waals surface area contributed by atoms with Crippen LogP contribution in [0, 0.1) is 5.92 Å². The molecule has 5 nitrogen and oxygen atoms in total. The van der Waals surface area contributed by atoms with Crippen molar-refractivity contribution in [2.45, 2.75) is 37.6 Å². The summed E-state index contributed by atoms with van der Waals surface area (Å²) in [5.41, 5.74) is 6.02. The Balaban J connectivity index is 0.00000243. The number of hydrogen-bond acceptors (Lipinski definition) is 4. The van der Waals surface area contributed by atoms with Crippen LogP contribution in [-0.2, 0) is 10.0 Å². The maximum Gasteiger partial charge on any atom is 0.243 e. The van der Waals surface area contributed by atoms with Crippen molar-refractivity contribution in [2.24, 2.45) is 11.7 Å². The van der Waals surface area contributed by atoms with Gasteiger partial charge in [-0.05, 0) is 44.7 Å². The van der Waals surface area contributed by atoms with Gasteiger partial charge in [-0.3, -0.25) is 0 Å². The van der Waals surface area contributed by atoms with E-state index in [1.807, 2.05) is 38.1 Å². The lowest BCUT2D eigenvalue weighted by Crippen LogP contribution is -2.44. The molecule has 0 aromatic heterocycles. The van der Waals surface area contributed by atoms with Crippen LogP contribution in [0.15, 0.2) is 41.3 Å². The second kappa shape index (κ2) is 8.57. The summed E-state index contributed by atoms with van der Waals surface area (Å²) in [5, 5.41) is 1.53. The molecule has 2 aromatic rings. The summed E-state index contributed by atoms with van der Waals surface area (Å²) in [6.45, 7) is 5.45. The molecule has 2 N–H and O–H groups in total. The van der Waals surface area contributed by atoms with Gasteiger partial charge in [0.05, 0.1) is 11.5 Å². The lowest BCUT2D eigenvalue weighted by atomic mass is 9.93. The van der Waals surface area contributed by atoms with Gasteiger partial charge in [0, 0.05) is 29.9 Å². The molecule has 0 spiro atoms. The van der Waals surface area contributed by atoms with Crippen LogP contribution in [0.4, 0.5) is 0 Å². The fourth-order valence-electron chi connectivity index (χ4n) is 3.51. The van der Waals surface area contributed by atoms with Crippen molar-refractivity contribution in [3.63, 3.8) is 0 Å². The predicted molar refractivity (Wildman–Crippen MR) is 107 cm³/mol. The third-order valence-corrected chi connectivity index (χ3v) is 6.85. The largest absolute Gasteiger partial charge is 0.493 e. The fraction of sp³-hybridized carbons (Fsp3) is 0.474. The number of sulfonamides is 1. The minimum Gasteiger partial charge on any atom is -0.493 e. The summed E-state index contributed by atoms with van der Waals surface area (Å²) in [6.07, 6.45) is 1.83. The Labute approximate surface area is 162 Å². The van der Waals surface area contributed by atoms with Gasteiger partial charge in [0.25, 0.3) is 0 Å². The van der Waals surface area contributed by atoms with Crippen molar-refractivity contribution >= 4 is 33.2 Å². The Morgan fingerprint density at radius 2 is 1.92 bits per heavy atom. The molecule has 0 aliphatic carbocycles. The highest BCUT2D eigenvalue weighted by Crippen LogP contribution is 2.34. The van der Waals surface area contributed by atoms with Gasteiger partial charge in [0.2, 0.25) is 10.0 Å². The zero-order chi connectivity index (χ0) is 18.0. The first-order valence-corrected chi connectivity index (χ1v) is 10.3.